The van der Waals surface area contributed by atoms with Gasteiger partial charge in [0.1, 0.15) is 0 Å². The van der Waals surface area contributed by atoms with E-state index in [2.05, 4.69) is 31.9 Å². The smallest absolute Gasteiger partial charge is 0.244 e. The van der Waals surface area contributed by atoms with Crippen LogP contribution in [0.4, 0.5) is 0 Å². The highest BCUT2D eigenvalue weighted by molar-refractivity contribution is 9.11. The average molecular weight is 385 g/mol. The molecule has 1 aliphatic heterocycles. The molecule has 1 atom stereocenters. The molecule has 1 fully saturated rings. The van der Waals surface area contributed by atoms with Crippen LogP contribution in [0.5, 0.6) is 0 Å². The van der Waals surface area contributed by atoms with Crippen molar-refractivity contribution in [2.75, 3.05) is 13.1 Å². The molecule has 1 aromatic carbocycles. The summed E-state index contributed by atoms with van der Waals surface area (Å²) in [7, 11) is -3.53. The number of sulfonamides is 1. The highest BCUT2D eigenvalue weighted by Gasteiger charge is 2.32. The highest BCUT2D eigenvalue weighted by atomic mass is 79.9. The zero-order valence-corrected chi connectivity index (χ0v) is 12.8. The van der Waals surface area contributed by atoms with Gasteiger partial charge in [0.15, 0.2) is 0 Å². The van der Waals surface area contributed by atoms with E-state index < -0.39 is 16.1 Å². The van der Waals surface area contributed by atoms with Gasteiger partial charge in [-0.1, -0.05) is 15.9 Å². The van der Waals surface area contributed by atoms with Gasteiger partial charge in [-0.15, -0.1) is 0 Å². The number of benzene rings is 1. The fraction of sp³-hybridized carbons (Fsp3) is 0.400. The Morgan fingerprint density at radius 2 is 2.06 bits per heavy atom. The molecule has 0 aromatic heterocycles. The normalized spacial score (nSPS) is 21.9. The molecule has 94 valence electrons. The molecule has 1 aliphatic rings. The molecule has 0 aliphatic carbocycles. The van der Waals surface area contributed by atoms with Gasteiger partial charge >= 0.3 is 0 Å². The van der Waals surface area contributed by atoms with Crippen LogP contribution in [0, 0.1) is 0 Å². The maximum Gasteiger partial charge on any atom is 0.244 e. The molecule has 0 spiro atoms. The Kier molecular flexibility index (Phi) is 3.94. The van der Waals surface area contributed by atoms with Gasteiger partial charge in [0.25, 0.3) is 0 Å². The molecule has 1 N–H and O–H groups in total. The van der Waals surface area contributed by atoms with Crippen molar-refractivity contribution in [3.63, 3.8) is 0 Å². The van der Waals surface area contributed by atoms with E-state index >= 15 is 0 Å². The number of rotatable bonds is 2. The first-order valence-corrected chi connectivity index (χ1v) is 8.07. The van der Waals surface area contributed by atoms with Gasteiger partial charge in [0.2, 0.25) is 10.0 Å². The fourth-order valence-electron chi connectivity index (χ4n) is 1.74. The van der Waals surface area contributed by atoms with Gasteiger partial charge in [-0.05, 0) is 40.5 Å². The van der Waals surface area contributed by atoms with Crippen molar-refractivity contribution < 1.29 is 13.5 Å². The molecule has 1 heterocycles. The van der Waals surface area contributed by atoms with Crippen LogP contribution < -0.4 is 0 Å². The summed E-state index contributed by atoms with van der Waals surface area (Å²) in [4.78, 5) is 0.223. The van der Waals surface area contributed by atoms with E-state index in [0.29, 0.717) is 21.9 Å². The largest absolute Gasteiger partial charge is 0.392 e. The number of β-amino-alcohol motifs (C(OH)–C–C–N with tert-alkyl or cyclic N) is 1. The topological polar surface area (TPSA) is 57.6 Å². The third-order valence-corrected chi connectivity index (χ3v) is 5.99. The maximum atomic E-state index is 12.3. The summed E-state index contributed by atoms with van der Waals surface area (Å²) < 4.78 is 27.2. The Morgan fingerprint density at radius 3 is 2.65 bits per heavy atom. The van der Waals surface area contributed by atoms with Crippen molar-refractivity contribution in [2.24, 2.45) is 0 Å². The summed E-state index contributed by atoms with van der Waals surface area (Å²) in [6.07, 6.45) is -0.0686. The van der Waals surface area contributed by atoms with Gasteiger partial charge in [0.05, 0.1) is 11.0 Å². The molecule has 17 heavy (non-hydrogen) atoms. The van der Waals surface area contributed by atoms with Crippen LogP contribution in [0.2, 0.25) is 0 Å². The van der Waals surface area contributed by atoms with Gasteiger partial charge in [-0.3, -0.25) is 0 Å². The lowest BCUT2D eigenvalue weighted by atomic mass is 10.3. The second-order valence-electron chi connectivity index (χ2n) is 3.88. The fourth-order valence-corrected chi connectivity index (χ4v) is 4.70. The van der Waals surface area contributed by atoms with Crippen molar-refractivity contribution >= 4 is 41.9 Å². The van der Waals surface area contributed by atoms with Crippen molar-refractivity contribution in [2.45, 2.75) is 17.4 Å². The Hall–Kier alpha value is 0.0500. The SMILES string of the molecule is O=S(=O)(c1cc(Br)ccc1Br)N1CC[C@H](O)C1. The Morgan fingerprint density at radius 1 is 1.35 bits per heavy atom. The number of hydrogen-bond acceptors (Lipinski definition) is 3. The zero-order valence-electron chi connectivity index (χ0n) is 8.81. The molecular formula is C10H11Br2NO3S. The average Bonchev–Trinajstić information content (AvgIpc) is 2.69. The summed E-state index contributed by atoms with van der Waals surface area (Å²) in [6, 6.07) is 5.01. The van der Waals surface area contributed by atoms with E-state index in [1.807, 2.05) is 0 Å². The van der Waals surface area contributed by atoms with E-state index in [0.717, 1.165) is 0 Å². The Balaban J connectivity index is 2.41. The number of hydrogen-bond donors (Lipinski definition) is 1. The van der Waals surface area contributed by atoms with E-state index in [4.69, 9.17) is 0 Å². The minimum atomic E-state index is -3.53. The second-order valence-corrected chi connectivity index (χ2v) is 7.56. The van der Waals surface area contributed by atoms with Crippen molar-refractivity contribution in [3.05, 3.63) is 27.1 Å². The molecular weight excluding hydrogens is 374 g/mol. The highest BCUT2D eigenvalue weighted by Crippen LogP contribution is 2.29. The monoisotopic (exact) mass is 383 g/mol. The quantitative estimate of drug-likeness (QED) is 0.847. The number of halogens is 2. The first-order valence-electron chi connectivity index (χ1n) is 5.04. The Labute approximate surface area is 117 Å². The molecule has 1 saturated heterocycles. The van der Waals surface area contributed by atoms with Crippen LogP contribution in [-0.4, -0.2) is 37.0 Å². The third kappa shape index (κ3) is 2.73. The molecule has 0 saturated carbocycles. The van der Waals surface area contributed by atoms with Gasteiger partial charge in [-0.2, -0.15) is 4.31 Å². The van der Waals surface area contributed by atoms with Crippen LogP contribution >= 0.6 is 31.9 Å². The Bertz CT molecular complexity index is 532. The third-order valence-electron chi connectivity index (χ3n) is 2.64. The lowest BCUT2D eigenvalue weighted by Crippen LogP contribution is -2.30. The summed E-state index contributed by atoms with van der Waals surface area (Å²) >= 11 is 6.50. The molecule has 4 nitrogen and oxygen atoms in total. The summed E-state index contributed by atoms with van der Waals surface area (Å²) in [5.41, 5.74) is 0. The predicted octanol–water partition coefficient (Wildman–Crippen LogP) is 1.97. The van der Waals surface area contributed by atoms with E-state index in [-0.39, 0.29) is 11.4 Å². The van der Waals surface area contributed by atoms with E-state index in [9.17, 15) is 13.5 Å². The van der Waals surface area contributed by atoms with Crippen molar-refractivity contribution in [1.82, 2.24) is 4.31 Å². The molecule has 0 radical (unpaired) electrons. The number of nitrogens with zero attached hydrogens (tertiary/aromatic N) is 1. The van der Waals surface area contributed by atoms with Gasteiger partial charge in [0, 0.05) is 22.0 Å². The molecule has 0 amide bonds. The lowest BCUT2D eigenvalue weighted by molar-refractivity contribution is 0.189. The summed E-state index contributed by atoms with van der Waals surface area (Å²) in [6.45, 7) is 0.531. The predicted molar refractivity (Wildman–Crippen MR) is 71.2 cm³/mol. The van der Waals surface area contributed by atoms with Crippen LogP contribution in [0.15, 0.2) is 32.0 Å². The van der Waals surface area contributed by atoms with Gasteiger partial charge < -0.3 is 5.11 Å². The minimum Gasteiger partial charge on any atom is -0.392 e. The lowest BCUT2D eigenvalue weighted by Gasteiger charge is -2.16. The standard InChI is InChI=1S/C10H11Br2NO3S/c11-7-1-2-9(12)10(5-7)17(15,16)13-4-3-8(14)6-13/h1-2,5,8,14H,3-4,6H2/t8-/m0/s1. The molecule has 7 heteroatoms. The molecule has 0 unspecified atom stereocenters. The van der Waals surface area contributed by atoms with Crippen LogP contribution in [0.25, 0.3) is 0 Å². The van der Waals surface area contributed by atoms with Crippen molar-refractivity contribution in [1.29, 1.82) is 0 Å². The number of aliphatic hydroxyl groups excluding tert-OH is 1. The van der Waals surface area contributed by atoms with Crippen LogP contribution in [0.3, 0.4) is 0 Å². The molecule has 0 bridgehead atoms. The maximum absolute atomic E-state index is 12.3. The first kappa shape index (κ1) is 13.5. The van der Waals surface area contributed by atoms with E-state index in [1.165, 1.54) is 4.31 Å². The second kappa shape index (κ2) is 4.97. The zero-order chi connectivity index (χ0) is 12.6. The minimum absolute atomic E-state index is 0.168. The molecule has 2 rings (SSSR count). The molecule has 1 aromatic rings. The first-order chi connectivity index (χ1) is 7.91. The van der Waals surface area contributed by atoms with Crippen molar-refractivity contribution in [3.8, 4) is 0 Å². The van der Waals surface area contributed by atoms with Gasteiger partial charge in [-0.25, -0.2) is 8.42 Å². The van der Waals surface area contributed by atoms with Crippen LogP contribution in [-0.2, 0) is 10.0 Å². The number of aliphatic hydroxyl groups is 1. The summed E-state index contributed by atoms with van der Waals surface area (Å²) in [5.74, 6) is 0. The summed E-state index contributed by atoms with van der Waals surface area (Å²) in [5, 5.41) is 9.41. The van der Waals surface area contributed by atoms with E-state index in [1.54, 1.807) is 18.2 Å². The van der Waals surface area contributed by atoms with Crippen LogP contribution in [0.1, 0.15) is 6.42 Å².